The monoisotopic (exact) mass is 233 g/mol. The van der Waals surface area contributed by atoms with Crippen LogP contribution < -0.4 is 10.5 Å². The Kier molecular flexibility index (Phi) is 3.67. The molecule has 0 aliphatic carbocycles. The van der Waals surface area contributed by atoms with Crippen LogP contribution in [0.15, 0.2) is 6.07 Å². The molecule has 0 unspecified atom stereocenters. The third-order valence-electron chi connectivity index (χ3n) is 1.87. The minimum Gasteiger partial charge on any atom is -0.489 e. The lowest BCUT2D eigenvalue weighted by atomic mass is 10.2. The highest BCUT2D eigenvalue weighted by molar-refractivity contribution is 5.47. The Morgan fingerprint density at radius 2 is 2.31 bits per heavy atom. The Labute approximate surface area is 89.2 Å². The summed E-state index contributed by atoms with van der Waals surface area (Å²) in [5, 5.41) is 10.6. The molecule has 1 aromatic rings. The van der Waals surface area contributed by atoms with Crippen LogP contribution in [0.5, 0.6) is 5.75 Å². The van der Waals surface area contributed by atoms with Crippen molar-refractivity contribution in [2.45, 2.75) is 13.0 Å². The SMILES string of the molecule is COc1c(CN)cc(C(F)F)nc1[N+](=O)[O-]. The van der Waals surface area contributed by atoms with E-state index < -0.39 is 22.9 Å². The van der Waals surface area contributed by atoms with Gasteiger partial charge in [0.2, 0.25) is 11.4 Å². The summed E-state index contributed by atoms with van der Waals surface area (Å²) in [5.41, 5.74) is 4.73. The van der Waals surface area contributed by atoms with Crippen LogP contribution in [0.25, 0.3) is 0 Å². The molecule has 0 bridgehead atoms. The zero-order valence-electron chi connectivity index (χ0n) is 8.31. The lowest BCUT2D eigenvalue weighted by Gasteiger charge is -2.07. The standard InChI is InChI=1S/C8H9F2N3O3/c1-16-6-4(3-11)2-5(7(9)10)12-8(6)13(14)15/h2,7H,3,11H2,1H3. The second-order valence-electron chi connectivity index (χ2n) is 2.83. The van der Waals surface area contributed by atoms with Crippen molar-refractivity contribution in [3.63, 3.8) is 0 Å². The topological polar surface area (TPSA) is 91.3 Å². The van der Waals surface area contributed by atoms with Crippen LogP contribution in [0.3, 0.4) is 0 Å². The van der Waals surface area contributed by atoms with Crippen LogP contribution in [0.2, 0.25) is 0 Å². The van der Waals surface area contributed by atoms with Gasteiger partial charge in [-0.05, 0) is 16.0 Å². The first kappa shape index (κ1) is 12.2. The molecule has 0 aliphatic heterocycles. The van der Waals surface area contributed by atoms with Crippen LogP contribution in [0, 0.1) is 10.1 Å². The zero-order chi connectivity index (χ0) is 12.3. The maximum atomic E-state index is 12.4. The molecule has 1 aromatic heterocycles. The van der Waals surface area contributed by atoms with E-state index in [1.807, 2.05) is 0 Å². The van der Waals surface area contributed by atoms with E-state index in [-0.39, 0.29) is 17.9 Å². The molecule has 0 amide bonds. The zero-order valence-corrected chi connectivity index (χ0v) is 8.31. The molecule has 1 rings (SSSR count). The maximum Gasteiger partial charge on any atom is 0.406 e. The summed E-state index contributed by atoms with van der Waals surface area (Å²) in [6, 6.07) is 0.997. The molecule has 0 aromatic carbocycles. The average molecular weight is 233 g/mol. The second-order valence-corrected chi connectivity index (χ2v) is 2.83. The molecular weight excluding hydrogens is 224 g/mol. The molecule has 88 valence electrons. The molecule has 8 heteroatoms. The van der Waals surface area contributed by atoms with Crippen LogP contribution in [0.4, 0.5) is 14.6 Å². The number of pyridine rings is 1. The number of aromatic nitrogens is 1. The predicted octanol–water partition coefficient (Wildman–Crippen LogP) is 1.39. The first-order chi connectivity index (χ1) is 7.51. The van der Waals surface area contributed by atoms with E-state index in [2.05, 4.69) is 4.98 Å². The Balaban J connectivity index is 3.43. The summed E-state index contributed by atoms with van der Waals surface area (Å²) in [4.78, 5) is 12.9. The molecule has 0 atom stereocenters. The van der Waals surface area contributed by atoms with Crippen molar-refractivity contribution in [3.8, 4) is 5.75 Å². The molecule has 16 heavy (non-hydrogen) atoms. The molecule has 2 N–H and O–H groups in total. The Morgan fingerprint density at radius 3 is 2.69 bits per heavy atom. The molecule has 6 nitrogen and oxygen atoms in total. The van der Waals surface area contributed by atoms with E-state index in [4.69, 9.17) is 10.5 Å². The highest BCUT2D eigenvalue weighted by Gasteiger charge is 2.26. The molecule has 0 fully saturated rings. The van der Waals surface area contributed by atoms with E-state index in [0.29, 0.717) is 0 Å². The number of nitrogens with zero attached hydrogens (tertiary/aromatic N) is 2. The van der Waals surface area contributed by atoms with Gasteiger partial charge in [-0.25, -0.2) is 8.78 Å². The highest BCUT2D eigenvalue weighted by atomic mass is 19.3. The van der Waals surface area contributed by atoms with Gasteiger partial charge in [-0.3, -0.25) is 0 Å². The third-order valence-corrected chi connectivity index (χ3v) is 1.87. The lowest BCUT2D eigenvalue weighted by Crippen LogP contribution is -2.07. The first-order valence-corrected chi connectivity index (χ1v) is 4.21. The van der Waals surface area contributed by atoms with Crippen molar-refractivity contribution in [1.82, 2.24) is 4.98 Å². The molecule has 0 saturated heterocycles. The van der Waals surface area contributed by atoms with Crippen molar-refractivity contribution >= 4 is 5.82 Å². The summed E-state index contributed by atoms with van der Waals surface area (Å²) in [6.45, 7) is -0.147. The van der Waals surface area contributed by atoms with Gasteiger partial charge in [0.25, 0.3) is 0 Å². The van der Waals surface area contributed by atoms with Gasteiger partial charge in [0, 0.05) is 12.1 Å². The van der Waals surface area contributed by atoms with Gasteiger partial charge in [0.15, 0.2) is 0 Å². The average Bonchev–Trinajstić information content (AvgIpc) is 2.26. The molecular formula is C8H9F2N3O3. The van der Waals surface area contributed by atoms with Crippen LogP contribution in [-0.4, -0.2) is 17.0 Å². The van der Waals surface area contributed by atoms with Crippen LogP contribution in [-0.2, 0) is 6.54 Å². The molecule has 0 aliphatic rings. The van der Waals surface area contributed by atoms with Gasteiger partial charge in [-0.15, -0.1) is 0 Å². The van der Waals surface area contributed by atoms with E-state index in [0.717, 1.165) is 6.07 Å². The number of hydrogen-bond acceptors (Lipinski definition) is 5. The number of nitrogens with two attached hydrogens (primary N) is 1. The van der Waals surface area contributed by atoms with Crippen molar-refractivity contribution < 1.29 is 18.4 Å². The Bertz CT molecular complexity index is 412. The van der Waals surface area contributed by atoms with Crippen LogP contribution in [0.1, 0.15) is 17.7 Å². The van der Waals surface area contributed by atoms with Gasteiger partial charge in [0.1, 0.15) is 0 Å². The van der Waals surface area contributed by atoms with Crippen molar-refractivity contribution in [3.05, 3.63) is 27.4 Å². The predicted molar refractivity (Wildman–Crippen MR) is 50.3 cm³/mol. The van der Waals surface area contributed by atoms with Crippen molar-refractivity contribution in [2.24, 2.45) is 5.73 Å². The minimum absolute atomic E-state index is 0.125. The van der Waals surface area contributed by atoms with Gasteiger partial charge in [-0.2, -0.15) is 0 Å². The van der Waals surface area contributed by atoms with E-state index >= 15 is 0 Å². The maximum absolute atomic E-state index is 12.4. The summed E-state index contributed by atoms with van der Waals surface area (Å²) in [6.07, 6.45) is -2.89. The lowest BCUT2D eigenvalue weighted by molar-refractivity contribution is -0.390. The fourth-order valence-electron chi connectivity index (χ4n) is 1.20. The number of rotatable bonds is 4. The number of hydrogen-bond donors (Lipinski definition) is 1. The Morgan fingerprint density at radius 1 is 1.69 bits per heavy atom. The van der Waals surface area contributed by atoms with Gasteiger partial charge >= 0.3 is 12.2 Å². The van der Waals surface area contributed by atoms with Gasteiger partial charge in [0.05, 0.1) is 7.11 Å². The second kappa shape index (κ2) is 4.79. The number of nitro groups is 1. The number of alkyl halides is 2. The highest BCUT2D eigenvalue weighted by Crippen LogP contribution is 2.32. The number of ether oxygens (including phenoxy) is 1. The minimum atomic E-state index is -2.89. The number of halogens is 2. The summed E-state index contributed by atoms with van der Waals surface area (Å²) >= 11 is 0. The van der Waals surface area contributed by atoms with E-state index in [1.54, 1.807) is 0 Å². The normalized spacial score (nSPS) is 10.6. The molecule has 0 saturated carbocycles. The fourth-order valence-corrected chi connectivity index (χ4v) is 1.20. The van der Waals surface area contributed by atoms with E-state index in [9.17, 15) is 18.9 Å². The quantitative estimate of drug-likeness (QED) is 0.626. The van der Waals surface area contributed by atoms with E-state index in [1.165, 1.54) is 7.11 Å². The largest absolute Gasteiger partial charge is 0.489 e. The molecule has 0 radical (unpaired) electrons. The Hall–Kier alpha value is -1.83. The summed E-state index contributed by atoms with van der Waals surface area (Å²) in [7, 11) is 1.19. The fraction of sp³-hybridized carbons (Fsp3) is 0.375. The number of methoxy groups -OCH3 is 1. The smallest absolute Gasteiger partial charge is 0.406 e. The first-order valence-electron chi connectivity index (χ1n) is 4.21. The molecule has 0 spiro atoms. The molecule has 1 heterocycles. The summed E-state index contributed by atoms with van der Waals surface area (Å²) < 4.78 is 29.5. The van der Waals surface area contributed by atoms with Crippen LogP contribution >= 0.6 is 0 Å². The van der Waals surface area contributed by atoms with Gasteiger partial charge < -0.3 is 20.6 Å². The van der Waals surface area contributed by atoms with Gasteiger partial charge in [-0.1, -0.05) is 0 Å². The van der Waals surface area contributed by atoms with Crippen molar-refractivity contribution in [1.29, 1.82) is 0 Å². The third kappa shape index (κ3) is 2.22. The van der Waals surface area contributed by atoms with Crippen molar-refractivity contribution in [2.75, 3.05) is 7.11 Å². The summed E-state index contributed by atoms with van der Waals surface area (Å²) in [5.74, 6) is -0.933.